The van der Waals surface area contributed by atoms with Gasteiger partial charge in [0.25, 0.3) is 0 Å². The summed E-state index contributed by atoms with van der Waals surface area (Å²) in [7, 11) is 0. The molecule has 0 bridgehead atoms. The molecule has 0 spiro atoms. The third kappa shape index (κ3) is 3.82. The first-order valence-corrected chi connectivity index (χ1v) is 6.78. The molecule has 0 atom stereocenters. The van der Waals surface area contributed by atoms with E-state index < -0.39 is 5.97 Å². The number of hydrogen-bond donors (Lipinski definition) is 2. The maximum Gasteiger partial charge on any atom is 0.339 e. The number of hydrogen-bond acceptors (Lipinski definition) is 3. The molecule has 0 aliphatic rings. The molecule has 0 aliphatic heterocycles. The van der Waals surface area contributed by atoms with E-state index in [9.17, 15) is 4.79 Å². The number of halogens is 1. The lowest BCUT2D eigenvalue weighted by Gasteiger charge is -2.23. The van der Waals surface area contributed by atoms with Gasteiger partial charge in [-0.25, -0.2) is 4.79 Å². The van der Waals surface area contributed by atoms with Gasteiger partial charge >= 0.3 is 5.97 Å². The van der Waals surface area contributed by atoms with E-state index in [0.717, 1.165) is 0 Å². The number of benzene rings is 1. The minimum Gasteiger partial charge on any atom is -0.478 e. The van der Waals surface area contributed by atoms with E-state index in [1.807, 2.05) is 6.26 Å². The van der Waals surface area contributed by atoms with Crippen molar-refractivity contribution in [3.63, 3.8) is 0 Å². The molecule has 5 heteroatoms. The lowest BCUT2D eigenvalue weighted by atomic mass is 10.1. The van der Waals surface area contributed by atoms with Gasteiger partial charge in [-0.3, -0.25) is 0 Å². The van der Waals surface area contributed by atoms with Gasteiger partial charge < -0.3 is 10.4 Å². The number of rotatable bonds is 5. The topological polar surface area (TPSA) is 49.3 Å². The molecule has 0 radical (unpaired) electrons. The van der Waals surface area contributed by atoms with Gasteiger partial charge in [0, 0.05) is 11.3 Å². The standard InChI is InChI=1S/C12H16ClNO2S/c1-12(2,17-3)7-14-9-6-4-5-8(13)10(9)11(15)16/h4-6,14H,7H2,1-3H3,(H,15,16). The van der Waals surface area contributed by atoms with Crippen molar-refractivity contribution in [2.45, 2.75) is 18.6 Å². The Labute approximate surface area is 111 Å². The van der Waals surface area contributed by atoms with Crippen LogP contribution in [0, 0.1) is 0 Å². The molecular weight excluding hydrogens is 258 g/mol. The molecule has 3 nitrogen and oxygen atoms in total. The SMILES string of the molecule is CSC(C)(C)CNc1cccc(Cl)c1C(=O)O. The zero-order chi connectivity index (χ0) is 13.1. The highest BCUT2D eigenvalue weighted by molar-refractivity contribution is 7.99. The van der Waals surface area contributed by atoms with E-state index >= 15 is 0 Å². The molecule has 0 aliphatic carbocycles. The predicted molar refractivity (Wildman–Crippen MR) is 74.5 cm³/mol. The summed E-state index contributed by atoms with van der Waals surface area (Å²) in [4.78, 5) is 11.1. The second-order valence-electron chi connectivity index (χ2n) is 4.28. The maximum atomic E-state index is 11.1. The number of anilines is 1. The first-order valence-electron chi connectivity index (χ1n) is 5.18. The molecule has 1 aromatic rings. The maximum absolute atomic E-state index is 11.1. The Bertz CT molecular complexity index is 421. The summed E-state index contributed by atoms with van der Waals surface area (Å²) in [6.45, 7) is 4.86. The van der Waals surface area contributed by atoms with Gasteiger partial charge in [-0.2, -0.15) is 11.8 Å². The summed E-state index contributed by atoms with van der Waals surface area (Å²) in [5, 5.41) is 12.5. The fourth-order valence-corrected chi connectivity index (χ4v) is 1.74. The summed E-state index contributed by atoms with van der Waals surface area (Å²) >= 11 is 7.60. The Morgan fingerprint density at radius 3 is 2.71 bits per heavy atom. The highest BCUT2D eigenvalue weighted by atomic mass is 35.5. The van der Waals surface area contributed by atoms with Crippen molar-refractivity contribution < 1.29 is 9.90 Å². The summed E-state index contributed by atoms with van der Waals surface area (Å²) in [6.07, 6.45) is 2.03. The zero-order valence-corrected chi connectivity index (χ0v) is 11.7. The van der Waals surface area contributed by atoms with Gasteiger partial charge in [0.1, 0.15) is 5.56 Å². The number of carboxylic acid groups (broad SMARTS) is 1. The molecule has 0 saturated carbocycles. The molecule has 94 valence electrons. The predicted octanol–water partition coefficient (Wildman–Crippen LogP) is 3.59. The molecule has 17 heavy (non-hydrogen) atoms. The van der Waals surface area contributed by atoms with E-state index in [0.29, 0.717) is 12.2 Å². The third-order valence-corrected chi connectivity index (χ3v) is 4.05. The van der Waals surface area contributed by atoms with E-state index in [2.05, 4.69) is 19.2 Å². The van der Waals surface area contributed by atoms with Crippen LogP contribution in [0.1, 0.15) is 24.2 Å². The second-order valence-corrected chi connectivity index (χ2v) is 6.21. The molecular formula is C12H16ClNO2S. The van der Waals surface area contributed by atoms with Gasteiger partial charge in [-0.05, 0) is 32.2 Å². The van der Waals surface area contributed by atoms with E-state index in [-0.39, 0.29) is 15.3 Å². The number of aromatic carboxylic acids is 1. The Morgan fingerprint density at radius 2 is 2.18 bits per heavy atom. The molecule has 0 aromatic heterocycles. The zero-order valence-electron chi connectivity index (χ0n) is 10.1. The summed E-state index contributed by atoms with van der Waals surface area (Å²) in [5.74, 6) is -1.01. The molecule has 0 saturated heterocycles. The Kier molecular flexibility index (Phi) is 4.71. The van der Waals surface area contributed by atoms with Gasteiger partial charge in [-0.1, -0.05) is 17.7 Å². The van der Waals surface area contributed by atoms with E-state index in [1.165, 1.54) is 0 Å². The minimum atomic E-state index is -1.01. The first-order chi connectivity index (χ1) is 7.87. The number of carbonyl (C=O) groups is 1. The Hall–Kier alpha value is -0.870. The van der Waals surface area contributed by atoms with Crippen molar-refractivity contribution in [1.29, 1.82) is 0 Å². The summed E-state index contributed by atoms with van der Waals surface area (Å²) in [5.41, 5.74) is 0.693. The molecule has 0 fully saturated rings. The van der Waals surface area contributed by atoms with Crippen LogP contribution in [0.2, 0.25) is 5.02 Å². The molecule has 0 amide bonds. The van der Waals surface area contributed by atoms with Crippen molar-refractivity contribution in [2.24, 2.45) is 0 Å². The van der Waals surface area contributed by atoms with Crippen molar-refractivity contribution >= 4 is 35.0 Å². The van der Waals surface area contributed by atoms with Crippen LogP contribution in [-0.2, 0) is 0 Å². The lowest BCUT2D eigenvalue weighted by molar-refractivity contribution is 0.0698. The fourth-order valence-electron chi connectivity index (χ4n) is 1.27. The van der Waals surface area contributed by atoms with Crippen LogP contribution < -0.4 is 5.32 Å². The third-order valence-electron chi connectivity index (χ3n) is 2.48. The summed E-state index contributed by atoms with van der Waals surface area (Å²) in [6, 6.07) is 5.05. The number of carboxylic acids is 1. The number of thioether (sulfide) groups is 1. The molecule has 0 heterocycles. The van der Waals surface area contributed by atoms with Crippen LogP contribution >= 0.6 is 23.4 Å². The Morgan fingerprint density at radius 1 is 1.53 bits per heavy atom. The van der Waals surface area contributed by atoms with Crippen molar-refractivity contribution in [3.8, 4) is 0 Å². The largest absolute Gasteiger partial charge is 0.478 e. The fraction of sp³-hybridized carbons (Fsp3) is 0.417. The average Bonchev–Trinajstić information content (AvgIpc) is 2.26. The van der Waals surface area contributed by atoms with Gasteiger partial charge in [0.2, 0.25) is 0 Å². The summed E-state index contributed by atoms with van der Waals surface area (Å²) < 4.78 is 0.0398. The molecule has 2 N–H and O–H groups in total. The normalized spacial score (nSPS) is 11.3. The van der Waals surface area contributed by atoms with Gasteiger partial charge in [-0.15, -0.1) is 0 Å². The van der Waals surface area contributed by atoms with Crippen LogP contribution in [0.15, 0.2) is 18.2 Å². The molecule has 1 rings (SSSR count). The van der Waals surface area contributed by atoms with Crippen LogP contribution in [0.25, 0.3) is 0 Å². The van der Waals surface area contributed by atoms with Crippen LogP contribution in [0.5, 0.6) is 0 Å². The number of nitrogens with one attached hydrogen (secondary N) is 1. The van der Waals surface area contributed by atoms with Crippen LogP contribution in [0.4, 0.5) is 5.69 Å². The van der Waals surface area contributed by atoms with Crippen molar-refractivity contribution in [2.75, 3.05) is 18.1 Å². The van der Waals surface area contributed by atoms with Crippen molar-refractivity contribution in [1.82, 2.24) is 0 Å². The Balaban J connectivity index is 2.92. The van der Waals surface area contributed by atoms with Gasteiger partial charge in [0.15, 0.2) is 0 Å². The van der Waals surface area contributed by atoms with E-state index in [4.69, 9.17) is 16.7 Å². The van der Waals surface area contributed by atoms with Crippen molar-refractivity contribution in [3.05, 3.63) is 28.8 Å². The quantitative estimate of drug-likeness (QED) is 0.861. The first kappa shape index (κ1) is 14.2. The highest BCUT2D eigenvalue weighted by Gasteiger charge is 2.18. The smallest absolute Gasteiger partial charge is 0.339 e. The van der Waals surface area contributed by atoms with E-state index in [1.54, 1.807) is 30.0 Å². The van der Waals surface area contributed by atoms with Crippen LogP contribution in [-0.4, -0.2) is 28.6 Å². The average molecular weight is 274 g/mol. The molecule has 0 unspecified atom stereocenters. The second kappa shape index (κ2) is 5.65. The van der Waals surface area contributed by atoms with Gasteiger partial charge in [0.05, 0.1) is 10.7 Å². The highest BCUT2D eigenvalue weighted by Crippen LogP contribution is 2.27. The monoisotopic (exact) mass is 273 g/mol. The van der Waals surface area contributed by atoms with Crippen LogP contribution in [0.3, 0.4) is 0 Å². The molecule has 1 aromatic carbocycles. The minimum absolute atomic E-state index is 0.0398. The lowest BCUT2D eigenvalue weighted by Crippen LogP contribution is -2.26.